The topological polar surface area (TPSA) is 63.5 Å². The fourth-order valence-corrected chi connectivity index (χ4v) is 3.12. The first-order valence-electron chi connectivity index (χ1n) is 7.60. The maximum absolute atomic E-state index is 12.7. The van der Waals surface area contributed by atoms with Gasteiger partial charge in [0.25, 0.3) is 11.6 Å². The van der Waals surface area contributed by atoms with Crippen LogP contribution in [0.1, 0.15) is 54.9 Å². The van der Waals surface area contributed by atoms with Gasteiger partial charge in [-0.1, -0.05) is 19.3 Å². The molecule has 0 radical (unpaired) electrons. The second-order valence-corrected chi connectivity index (χ2v) is 5.64. The van der Waals surface area contributed by atoms with Crippen molar-refractivity contribution in [3.63, 3.8) is 0 Å². The van der Waals surface area contributed by atoms with Gasteiger partial charge in [0.15, 0.2) is 0 Å². The standard InChI is InChI=1S/C16H22N2O3/c1-3-17(14-7-5-4-6-8-14)16(19)13-9-10-15(18(20)21)12(2)11-13/h9-11,14H,3-8H2,1-2H3. The third kappa shape index (κ3) is 3.40. The van der Waals surface area contributed by atoms with Gasteiger partial charge in [0.05, 0.1) is 4.92 Å². The van der Waals surface area contributed by atoms with Crippen LogP contribution in [0.15, 0.2) is 18.2 Å². The van der Waals surface area contributed by atoms with E-state index in [4.69, 9.17) is 0 Å². The van der Waals surface area contributed by atoms with Crippen LogP contribution in [0.2, 0.25) is 0 Å². The van der Waals surface area contributed by atoms with E-state index < -0.39 is 4.92 Å². The summed E-state index contributed by atoms with van der Waals surface area (Å²) in [6.07, 6.45) is 5.72. The van der Waals surface area contributed by atoms with E-state index in [9.17, 15) is 14.9 Å². The number of nitro groups is 1. The molecular weight excluding hydrogens is 268 g/mol. The number of amides is 1. The van der Waals surface area contributed by atoms with Crippen molar-refractivity contribution in [2.45, 2.75) is 52.0 Å². The molecule has 1 aliphatic carbocycles. The Morgan fingerprint density at radius 3 is 2.52 bits per heavy atom. The Hall–Kier alpha value is -1.91. The second kappa shape index (κ2) is 6.70. The normalized spacial score (nSPS) is 15.7. The van der Waals surface area contributed by atoms with Gasteiger partial charge in [0.2, 0.25) is 0 Å². The van der Waals surface area contributed by atoms with Crippen LogP contribution < -0.4 is 0 Å². The Bertz CT molecular complexity index is 536. The van der Waals surface area contributed by atoms with Crippen molar-refractivity contribution in [2.75, 3.05) is 6.54 Å². The summed E-state index contributed by atoms with van der Waals surface area (Å²) in [6.45, 7) is 4.34. The molecule has 1 fully saturated rings. The number of aryl methyl sites for hydroxylation is 1. The molecule has 0 N–H and O–H groups in total. The van der Waals surface area contributed by atoms with Crippen molar-refractivity contribution < 1.29 is 9.72 Å². The van der Waals surface area contributed by atoms with Crippen LogP contribution in [-0.2, 0) is 0 Å². The highest BCUT2D eigenvalue weighted by atomic mass is 16.6. The monoisotopic (exact) mass is 290 g/mol. The molecule has 5 nitrogen and oxygen atoms in total. The summed E-state index contributed by atoms with van der Waals surface area (Å²) >= 11 is 0. The zero-order valence-electron chi connectivity index (χ0n) is 12.7. The fourth-order valence-electron chi connectivity index (χ4n) is 3.12. The Balaban J connectivity index is 2.21. The predicted molar refractivity (Wildman–Crippen MR) is 81.4 cm³/mol. The molecule has 21 heavy (non-hydrogen) atoms. The van der Waals surface area contributed by atoms with E-state index in [1.807, 2.05) is 11.8 Å². The predicted octanol–water partition coefficient (Wildman–Crippen LogP) is 3.70. The van der Waals surface area contributed by atoms with Crippen LogP contribution in [0.4, 0.5) is 5.69 Å². The SMILES string of the molecule is CCN(C(=O)c1ccc([N+](=O)[O-])c(C)c1)C1CCCCC1. The number of nitro benzene ring substituents is 1. The quantitative estimate of drug-likeness (QED) is 0.627. The summed E-state index contributed by atoms with van der Waals surface area (Å²) in [6, 6.07) is 4.94. The largest absolute Gasteiger partial charge is 0.336 e. The van der Waals surface area contributed by atoms with Gasteiger partial charge in [-0.05, 0) is 38.8 Å². The molecule has 0 aromatic heterocycles. The first-order chi connectivity index (χ1) is 10.0. The van der Waals surface area contributed by atoms with Crippen LogP contribution in [0.5, 0.6) is 0 Å². The van der Waals surface area contributed by atoms with Crippen molar-refractivity contribution >= 4 is 11.6 Å². The Morgan fingerprint density at radius 1 is 1.33 bits per heavy atom. The van der Waals surface area contributed by atoms with E-state index in [1.54, 1.807) is 19.1 Å². The second-order valence-electron chi connectivity index (χ2n) is 5.64. The summed E-state index contributed by atoms with van der Waals surface area (Å²) in [4.78, 5) is 25.0. The highest BCUT2D eigenvalue weighted by molar-refractivity contribution is 5.95. The number of hydrogen-bond acceptors (Lipinski definition) is 3. The van der Waals surface area contributed by atoms with Crippen LogP contribution in [0, 0.1) is 17.0 Å². The number of carbonyl (C=O) groups is 1. The molecule has 0 heterocycles. The third-order valence-corrected chi connectivity index (χ3v) is 4.26. The third-order valence-electron chi connectivity index (χ3n) is 4.26. The van der Waals surface area contributed by atoms with Gasteiger partial charge in [-0.3, -0.25) is 14.9 Å². The number of rotatable bonds is 4. The van der Waals surface area contributed by atoms with Gasteiger partial charge in [-0.25, -0.2) is 0 Å². The Kier molecular flexibility index (Phi) is 4.94. The zero-order valence-corrected chi connectivity index (χ0v) is 12.7. The molecule has 2 rings (SSSR count). The minimum absolute atomic E-state index is 0.0117. The molecule has 0 spiro atoms. The summed E-state index contributed by atoms with van der Waals surface area (Å²) < 4.78 is 0. The van der Waals surface area contributed by atoms with Gasteiger partial charge >= 0.3 is 0 Å². The minimum atomic E-state index is -0.414. The lowest BCUT2D eigenvalue weighted by Gasteiger charge is -2.33. The first kappa shape index (κ1) is 15.5. The molecule has 0 aliphatic heterocycles. The zero-order chi connectivity index (χ0) is 15.4. The van der Waals surface area contributed by atoms with E-state index in [0.29, 0.717) is 23.7 Å². The van der Waals surface area contributed by atoms with Gasteiger partial charge in [-0.2, -0.15) is 0 Å². The molecule has 0 atom stereocenters. The molecule has 1 saturated carbocycles. The first-order valence-corrected chi connectivity index (χ1v) is 7.60. The van der Waals surface area contributed by atoms with Gasteiger partial charge in [0, 0.05) is 29.8 Å². The minimum Gasteiger partial charge on any atom is -0.336 e. The Morgan fingerprint density at radius 2 is 2.00 bits per heavy atom. The van der Waals surface area contributed by atoms with Crippen molar-refractivity contribution in [1.29, 1.82) is 0 Å². The van der Waals surface area contributed by atoms with Crippen molar-refractivity contribution in [1.82, 2.24) is 4.90 Å². The van der Waals surface area contributed by atoms with Gasteiger partial charge < -0.3 is 4.90 Å². The lowest BCUT2D eigenvalue weighted by molar-refractivity contribution is -0.385. The lowest BCUT2D eigenvalue weighted by atomic mass is 9.93. The molecule has 0 saturated heterocycles. The van der Waals surface area contributed by atoms with E-state index in [-0.39, 0.29) is 11.6 Å². The van der Waals surface area contributed by atoms with Crippen molar-refractivity contribution in [2.24, 2.45) is 0 Å². The number of benzene rings is 1. The molecule has 1 aromatic rings. The maximum atomic E-state index is 12.7. The maximum Gasteiger partial charge on any atom is 0.272 e. The summed E-state index contributed by atoms with van der Waals surface area (Å²) in [5.74, 6) is -0.0117. The Labute approximate surface area is 125 Å². The number of carbonyl (C=O) groups excluding carboxylic acids is 1. The van der Waals surface area contributed by atoms with Gasteiger partial charge in [0.1, 0.15) is 0 Å². The lowest BCUT2D eigenvalue weighted by Crippen LogP contribution is -2.41. The van der Waals surface area contributed by atoms with Crippen LogP contribution in [0.3, 0.4) is 0 Å². The molecule has 0 bridgehead atoms. The molecule has 1 aromatic carbocycles. The molecule has 1 amide bonds. The molecular formula is C16H22N2O3. The number of hydrogen-bond donors (Lipinski definition) is 0. The molecule has 5 heteroatoms. The van der Waals surface area contributed by atoms with E-state index in [2.05, 4.69) is 0 Å². The fraction of sp³-hybridized carbons (Fsp3) is 0.562. The average molecular weight is 290 g/mol. The van der Waals surface area contributed by atoms with Crippen molar-refractivity contribution in [3.8, 4) is 0 Å². The summed E-state index contributed by atoms with van der Waals surface area (Å²) in [7, 11) is 0. The van der Waals surface area contributed by atoms with E-state index >= 15 is 0 Å². The van der Waals surface area contributed by atoms with Crippen LogP contribution in [0.25, 0.3) is 0 Å². The molecule has 1 aliphatic rings. The van der Waals surface area contributed by atoms with E-state index in [0.717, 1.165) is 12.8 Å². The smallest absolute Gasteiger partial charge is 0.272 e. The van der Waals surface area contributed by atoms with E-state index in [1.165, 1.54) is 25.3 Å². The van der Waals surface area contributed by atoms with Crippen LogP contribution >= 0.6 is 0 Å². The van der Waals surface area contributed by atoms with Crippen molar-refractivity contribution in [3.05, 3.63) is 39.4 Å². The highest BCUT2D eigenvalue weighted by Gasteiger charge is 2.25. The highest BCUT2D eigenvalue weighted by Crippen LogP contribution is 2.25. The average Bonchev–Trinajstić information content (AvgIpc) is 2.48. The molecule has 0 unspecified atom stereocenters. The summed E-state index contributed by atoms with van der Waals surface area (Å²) in [5, 5.41) is 10.9. The van der Waals surface area contributed by atoms with Gasteiger partial charge in [-0.15, -0.1) is 0 Å². The number of nitrogens with zero attached hydrogens (tertiary/aromatic N) is 2. The summed E-state index contributed by atoms with van der Waals surface area (Å²) in [5.41, 5.74) is 1.14. The molecule has 114 valence electrons. The van der Waals surface area contributed by atoms with Crippen LogP contribution in [-0.4, -0.2) is 28.3 Å².